The van der Waals surface area contributed by atoms with Gasteiger partial charge in [-0.15, -0.1) is 0 Å². The second-order valence-electron chi connectivity index (χ2n) is 5.77. The van der Waals surface area contributed by atoms with Crippen molar-refractivity contribution in [2.45, 2.75) is 38.5 Å². The van der Waals surface area contributed by atoms with Crippen LogP contribution in [0.4, 0.5) is 0 Å². The van der Waals surface area contributed by atoms with E-state index in [-0.39, 0.29) is 18.9 Å². The molecule has 0 spiro atoms. The molecule has 1 aromatic rings. The van der Waals surface area contributed by atoms with Crippen molar-refractivity contribution in [3.63, 3.8) is 0 Å². The number of ether oxygens (including phenoxy) is 1. The number of hydrogen-bond acceptors (Lipinski definition) is 6. The van der Waals surface area contributed by atoms with Gasteiger partial charge in [0, 0.05) is 19.3 Å². The van der Waals surface area contributed by atoms with Crippen LogP contribution in [0.15, 0.2) is 12.3 Å². The maximum atomic E-state index is 11.0. The molecule has 0 aliphatic carbocycles. The Labute approximate surface area is 130 Å². The highest BCUT2D eigenvalue weighted by Gasteiger charge is 2.21. The molecule has 8 heteroatoms. The Morgan fingerprint density at radius 2 is 2.32 bits per heavy atom. The minimum atomic E-state index is -0.628. The fraction of sp³-hybridized carbons (Fsp3) is 0.714. The quantitative estimate of drug-likeness (QED) is 0.393. The average molecular weight is 314 g/mol. The number of nitrogens with two attached hydrogens (primary N) is 1. The van der Waals surface area contributed by atoms with Crippen LogP contribution in [0.1, 0.15) is 30.8 Å². The normalized spacial score (nSPS) is 13.3. The molecule has 0 aliphatic heterocycles. The summed E-state index contributed by atoms with van der Waals surface area (Å²) < 4.78 is 7.29. The minimum absolute atomic E-state index is 0.129. The number of hydrogen-bond donors (Lipinski definition) is 4. The van der Waals surface area contributed by atoms with Crippen molar-refractivity contribution < 1.29 is 19.7 Å². The van der Waals surface area contributed by atoms with E-state index in [2.05, 4.69) is 10.4 Å². The van der Waals surface area contributed by atoms with Crippen molar-refractivity contribution in [1.29, 1.82) is 0 Å². The fourth-order valence-corrected chi connectivity index (χ4v) is 1.87. The first-order chi connectivity index (χ1) is 10.3. The predicted octanol–water partition coefficient (Wildman–Crippen LogP) is -0.890. The maximum absolute atomic E-state index is 11.0. The van der Waals surface area contributed by atoms with Crippen LogP contribution in [0.25, 0.3) is 0 Å². The van der Waals surface area contributed by atoms with Gasteiger partial charge in [-0.25, -0.2) is 0 Å². The van der Waals surface area contributed by atoms with E-state index in [9.17, 15) is 9.90 Å². The molecule has 1 rings (SSSR count). The number of carbonyl (C=O) groups is 1. The van der Waals surface area contributed by atoms with Gasteiger partial charge in [0.05, 0.1) is 24.9 Å². The molecule has 0 fully saturated rings. The molecule has 5 N–H and O–H groups in total. The number of primary amides is 1. The Balaban J connectivity index is 2.34. The first-order valence-electron chi connectivity index (χ1n) is 7.31. The Morgan fingerprint density at radius 1 is 1.59 bits per heavy atom. The highest BCUT2D eigenvalue weighted by atomic mass is 16.5. The van der Waals surface area contributed by atoms with Gasteiger partial charge in [-0.1, -0.05) is 0 Å². The van der Waals surface area contributed by atoms with Crippen molar-refractivity contribution >= 4 is 5.91 Å². The van der Waals surface area contributed by atoms with Crippen LogP contribution >= 0.6 is 0 Å². The molecule has 0 saturated carbocycles. The van der Waals surface area contributed by atoms with Gasteiger partial charge in [-0.2, -0.15) is 5.10 Å². The summed E-state index contributed by atoms with van der Waals surface area (Å²) in [7, 11) is 0. The van der Waals surface area contributed by atoms with Crippen molar-refractivity contribution in [3.05, 3.63) is 18.0 Å². The van der Waals surface area contributed by atoms with Gasteiger partial charge in [0.15, 0.2) is 0 Å². The molecule has 0 saturated heterocycles. The predicted molar refractivity (Wildman–Crippen MR) is 81.4 cm³/mol. The van der Waals surface area contributed by atoms with Crippen LogP contribution in [0.5, 0.6) is 0 Å². The Bertz CT molecular complexity index is 461. The van der Waals surface area contributed by atoms with Crippen molar-refractivity contribution in [1.82, 2.24) is 15.1 Å². The lowest BCUT2D eigenvalue weighted by Gasteiger charge is -2.26. The van der Waals surface area contributed by atoms with Gasteiger partial charge in [-0.05, 0) is 32.9 Å². The van der Waals surface area contributed by atoms with Crippen LogP contribution in [-0.2, 0) is 11.3 Å². The van der Waals surface area contributed by atoms with E-state index in [4.69, 9.17) is 15.6 Å². The summed E-state index contributed by atoms with van der Waals surface area (Å²) in [6.45, 7) is 5.57. The first-order valence-corrected chi connectivity index (χ1v) is 7.31. The van der Waals surface area contributed by atoms with E-state index >= 15 is 0 Å². The maximum Gasteiger partial charge on any atom is 0.269 e. The summed E-state index contributed by atoms with van der Waals surface area (Å²) in [6.07, 6.45) is 1.69. The van der Waals surface area contributed by atoms with Crippen LogP contribution < -0.4 is 11.1 Å². The summed E-state index contributed by atoms with van der Waals surface area (Å²) in [5.41, 5.74) is 4.82. The monoisotopic (exact) mass is 314 g/mol. The summed E-state index contributed by atoms with van der Waals surface area (Å²) in [5.74, 6) is -0.568. The third kappa shape index (κ3) is 6.99. The van der Waals surface area contributed by atoms with Crippen molar-refractivity contribution in [2.24, 2.45) is 5.73 Å². The summed E-state index contributed by atoms with van der Waals surface area (Å²) in [4.78, 5) is 11.0. The van der Waals surface area contributed by atoms with Gasteiger partial charge < -0.3 is 26.0 Å². The number of aliphatic hydroxyl groups excluding tert-OH is 2. The Hall–Kier alpha value is -1.48. The first kappa shape index (κ1) is 18.6. The molecule has 8 nitrogen and oxygen atoms in total. The highest BCUT2D eigenvalue weighted by molar-refractivity contribution is 5.90. The van der Waals surface area contributed by atoms with E-state index < -0.39 is 17.6 Å². The van der Waals surface area contributed by atoms with Gasteiger partial charge in [0.2, 0.25) is 0 Å². The van der Waals surface area contributed by atoms with E-state index in [0.717, 1.165) is 0 Å². The SMILES string of the molecule is CC(C)(Cn1ccc(C(N)=O)n1)OC[C@H](O)CNCCCO. The number of rotatable bonds is 11. The summed E-state index contributed by atoms with van der Waals surface area (Å²) in [5, 5.41) is 25.6. The number of amides is 1. The lowest BCUT2D eigenvalue weighted by atomic mass is 10.1. The zero-order chi connectivity index (χ0) is 16.6. The van der Waals surface area contributed by atoms with E-state index in [1.165, 1.54) is 0 Å². The van der Waals surface area contributed by atoms with Gasteiger partial charge >= 0.3 is 0 Å². The molecular weight excluding hydrogens is 288 g/mol. The lowest BCUT2D eigenvalue weighted by molar-refractivity contribution is -0.0683. The Kier molecular flexibility index (Phi) is 7.46. The fourth-order valence-electron chi connectivity index (χ4n) is 1.87. The number of nitrogens with zero attached hydrogens (tertiary/aromatic N) is 2. The molecule has 1 heterocycles. The summed E-state index contributed by atoms with van der Waals surface area (Å²) >= 11 is 0. The molecule has 126 valence electrons. The molecule has 0 aromatic carbocycles. The lowest BCUT2D eigenvalue weighted by Crippen LogP contribution is -2.37. The molecule has 1 amide bonds. The molecule has 0 unspecified atom stereocenters. The van der Waals surface area contributed by atoms with Gasteiger partial charge in [-0.3, -0.25) is 9.48 Å². The van der Waals surface area contributed by atoms with E-state index in [1.807, 2.05) is 13.8 Å². The average Bonchev–Trinajstić information content (AvgIpc) is 2.89. The van der Waals surface area contributed by atoms with Crippen LogP contribution in [0, 0.1) is 0 Å². The Morgan fingerprint density at radius 3 is 2.91 bits per heavy atom. The molecular formula is C14H26N4O4. The minimum Gasteiger partial charge on any atom is -0.396 e. The zero-order valence-corrected chi connectivity index (χ0v) is 13.2. The van der Waals surface area contributed by atoms with Crippen LogP contribution in [-0.4, -0.2) is 63.9 Å². The molecule has 0 radical (unpaired) electrons. The molecule has 0 aliphatic rings. The molecule has 1 aromatic heterocycles. The third-order valence-electron chi connectivity index (χ3n) is 2.99. The largest absolute Gasteiger partial charge is 0.396 e. The van der Waals surface area contributed by atoms with Crippen LogP contribution in [0.2, 0.25) is 0 Å². The standard InChI is InChI=1S/C14H26N4O4/c1-14(2,10-18-6-4-12(17-18)13(15)21)22-9-11(20)8-16-5-3-7-19/h4,6,11,16,19-20H,3,5,7-10H2,1-2H3,(H2,15,21)/t11-/m1/s1. The second-order valence-corrected chi connectivity index (χ2v) is 5.77. The van der Waals surface area contributed by atoms with Crippen molar-refractivity contribution in [2.75, 3.05) is 26.3 Å². The molecule has 22 heavy (non-hydrogen) atoms. The number of nitrogens with one attached hydrogen (secondary N) is 1. The van der Waals surface area contributed by atoms with Crippen molar-refractivity contribution in [3.8, 4) is 0 Å². The number of aliphatic hydroxyl groups is 2. The third-order valence-corrected chi connectivity index (χ3v) is 2.99. The second kappa shape index (κ2) is 8.84. The van der Waals surface area contributed by atoms with Crippen LogP contribution in [0.3, 0.4) is 0 Å². The van der Waals surface area contributed by atoms with E-state index in [1.54, 1.807) is 16.9 Å². The highest BCUT2D eigenvalue weighted by Crippen LogP contribution is 2.13. The zero-order valence-electron chi connectivity index (χ0n) is 13.2. The smallest absolute Gasteiger partial charge is 0.269 e. The van der Waals surface area contributed by atoms with E-state index in [0.29, 0.717) is 26.1 Å². The van der Waals surface area contributed by atoms with Gasteiger partial charge in [0.1, 0.15) is 5.69 Å². The number of aromatic nitrogens is 2. The summed E-state index contributed by atoms with van der Waals surface area (Å²) in [6, 6.07) is 1.55. The molecule has 1 atom stereocenters. The molecule has 0 bridgehead atoms. The van der Waals surface area contributed by atoms with Gasteiger partial charge in [0.25, 0.3) is 5.91 Å². The number of carbonyl (C=O) groups excluding carboxylic acids is 1. The topological polar surface area (TPSA) is 123 Å².